The molecule has 2 amide bonds. The molecule has 1 aromatic carbocycles. The van der Waals surface area contributed by atoms with Gasteiger partial charge in [-0.15, -0.1) is 11.3 Å². The van der Waals surface area contributed by atoms with E-state index in [-0.39, 0.29) is 5.91 Å². The Morgan fingerprint density at radius 1 is 1.12 bits per heavy atom. The van der Waals surface area contributed by atoms with Crippen LogP contribution in [0.2, 0.25) is 0 Å². The number of nitrogens with zero attached hydrogens (tertiary/aromatic N) is 3. The van der Waals surface area contributed by atoms with Gasteiger partial charge in [-0.1, -0.05) is 24.3 Å². The molecular formula is C25H27N5O3S. The molecule has 9 heteroatoms. The number of nitrogens with one attached hydrogen (secondary N) is 2. The maximum atomic E-state index is 13.3. The number of hydrogen-bond donors (Lipinski definition) is 2. The van der Waals surface area contributed by atoms with E-state index in [0.29, 0.717) is 17.2 Å². The maximum absolute atomic E-state index is 13.3. The number of aromatic nitrogens is 3. The number of amides is 2. The van der Waals surface area contributed by atoms with Crippen LogP contribution in [0.25, 0.3) is 22.3 Å². The molecule has 0 radical (unpaired) electrons. The van der Waals surface area contributed by atoms with Crippen molar-refractivity contribution in [1.29, 1.82) is 0 Å². The predicted molar refractivity (Wildman–Crippen MR) is 134 cm³/mol. The van der Waals surface area contributed by atoms with E-state index in [1.54, 1.807) is 27.0 Å². The molecule has 2 N–H and O–H groups in total. The fraction of sp³-hybridized carbons (Fsp3) is 0.280. The molecule has 0 aliphatic rings. The zero-order valence-electron chi connectivity index (χ0n) is 19.5. The van der Waals surface area contributed by atoms with E-state index in [9.17, 15) is 9.59 Å². The summed E-state index contributed by atoms with van der Waals surface area (Å²) < 4.78 is 7.41. The SMILES string of the molecule is Cn1cc(CC(NC(=O)OC(C)(C)C)C(=O)Nc2nc(-c3ccccn3)cs2)c2ccccc21. The van der Waals surface area contributed by atoms with E-state index >= 15 is 0 Å². The van der Waals surface area contributed by atoms with Crippen molar-refractivity contribution < 1.29 is 14.3 Å². The molecule has 0 spiro atoms. The van der Waals surface area contributed by atoms with Crippen molar-refractivity contribution in [2.24, 2.45) is 7.05 Å². The van der Waals surface area contributed by atoms with E-state index < -0.39 is 17.7 Å². The molecule has 0 bridgehead atoms. The highest BCUT2D eigenvalue weighted by molar-refractivity contribution is 7.14. The van der Waals surface area contributed by atoms with Crippen LogP contribution in [0.15, 0.2) is 60.2 Å². The summed E-state index contributed by atoms with van der Waals surface area (Å²) in [6, 6.07) is 12.7. The largest absolute Gasteiger partial charge is 0.444 e. The van der Waals surface area contributed by atoms with E-state index in [1.165, 1.54) is 11.3 Å². The smallest absolute Gasteiger partial charge is 0.408 e. The monoisotopic (exact) mass is 477 g/mol. The lowest BCUT2D eigenvalue weighted by atomic mass is 10.0. The first-order valence-corrected chi connectivity index (χ1v) is 11.8. The number of aryl methyl sites for hydroxylation is 1. The number of hydrogen-bond acceptors (Lipinski definition) is 6. The van der Waals surface area contributed by atoms with Crippen molar-refractivity contribution in [2.75, 3.05) is 5.32 Å². The number of fused-ring (bicyclic) bond motifs is 1. The van der Waals surface area contributed by atoms with E-state index in [4.69, 9.17) is 4.74 Å². The Bertz CT molecular complexity index is 1310. The fourth-order valence-corrected chi connectivity index (χ4v) is 4.33. The van der Waals surface area contributed by atoms with Gasteiger partial charge in [0.2, 0.25) is 5.91 Å². The normalized spacial score (nSPS) is 12.4. The highest BCUT2D eigenvalue weighted by atomic mass is 32.1. The fourth-order valence-electron chi connectivity index (χ4n) is 3.62. The predicted octanol–water partition coefficient (Wildman–Crippen LogP) is 4.77. The molecule has 3 aromatic heterocycles. The molecule has 3 heterocycles. The lowest BCUT2D eigenvalue weighted by molar-refractivity contribution is -0.118. The maximum Gasteiger partial charge on any atom is 0.408 e. The van der Waals surface area contributed by atoms with Crippen LogP contribution < -0.4 is 10.6 Å². The van der Waals surface area contributed by atoms with Crippen molar-refractivity contribution >= 4 is 39.4 Å². The van der Waals surface area contributed by atoms with Crippen LogP contribution in [0.1, 0.15) is 26.3 Å². The van der Waals surface area contributed by atoms with Gasteiger partial charge in [0, 0.05) is 42.1 Å². The van der Waals surface area contributed by atoms with Gasteiger partial charge in [-0.3, -0.25) is 9.78 Å². The summed E-state index contributed by atoms with van der Waals surface area (Å²) in [4.78, 5) is 34.6. The number of para-hydroxylation sites is 1. The number of benzene rings is 1. The summed E-state index contributed by atoms with van der Waals surface area (Å²) in [6.07, 6.45) is 3.31. The van der Waals surface area contributed by atoms with Crippen molar-refractivity contribution in [3.63, 3.8) is 0 Å². The minimum absolute atomic E-state index is 0.297. The lowest BCUT2D eigenvalue weighted by Crippen LogP contribution is -2.47. The lowest BCUT2D eigenvalue weighted by Gasteiger charge is -2.23. The number of alkyl carbamates (subject to hydrolysis) is 1. The molecule has 34 heavy (non-hydrogen) atoms. The molecule has 176 valence electrons. The number of anilines is 1. The average Bonchev–Trinajstić information content (AvgIpc) is 3.37. The third-order valence-electron chi connectivity index (χ3n) is 5.07. The summed E-state index contributed by atoms with van der Waals surface area (Å²) in [7, 11) is 1.96. The number of pyridine rings is 1. The zero-order valence-corrected chi connectivity index (χ0v) is 20.3. The number of carbonyl (C=O) groups excluding carboxylic acids is 2. The zero-order chi connectivity index (χ0) is 24.3. The van der Waals surface area contributed by atoms with Crippen LogP contribution in [0.3, 0.4) is 0 Å². The Morgan fingerprint density at radius 3 is 2.62 bits per heavy atom. The van der Waals surface area contributed by atoms with Crippen molar-refractivity contribution in [2.45, 2.75) is 38.8 Å². The van der Waals surface area contributed by atoms with Gasteiger partial charge < -0.3 is 19.9 Å². The minimum atomic E-state index is -0.858. The number of ether oxygens (including phenoxy) is 1. The van der Waals surface area contributed by atoms with E-state index in [1.807, 2.05) is 65.7 Å². The molecule has 1 unspecified atom stereocenters. The molecule has 8 nitrogen and oxygen atoms in total. The Labute approximate surface area is 202 Å². The van der Waals surface area contributed by atoms with Crippen LogP contribution in [-0.4, -0.2) is 38.2 Å². The first-order valence-electron chi connectivity index (χ1n) is 10.9. The Balaban J connectivity index is 1.56. The van der Waals surface area contributed by atoms with E-state index in [2.05, 4.69) is 20.6 Å². The summed E-state index contributed by atoms with van der Waals surface area (Å²) in [6.45, 7) is 5.34. The quantitative estimate of drug-likeness (QED) is 0.417. The van der Waals surface area contributed by atoms with Gasteiger partial charge >= 0.3 is 6.09 Å². The average molecular weight is 478 g/mol. The highest BCUT2D eigenvalue weighted by Crippen LogP contribution is 2.25. The molecule has 0 saturated heterocycles. The topological polar surface area (TPSA) is 98.1 Å². The molecule has 1 atom stereocenters. The Kier molecular flexibility index (Phi) is 6.65. The van der Waals surface area contributed by atoms with E-state index in [0.717, 1.165) is 22.2 Å². The second-order valence-electron chi connectivity index (χ2n) is 8.93. The molecule has 0 saturated carbocycles. The van der Waals surface area contributed by atoms with Crippen molar-refractivity contribution in [1.82, 2.24) is 19.9 Å². The summed E-state index contributed by atoms with van der Waals surface area (Å²) in [5, 5.41) is 8.87. The first-order chi connectivity index (χ1) is 16.2. The summed E-state index contributed by atoms with van der Waals surface area (Å²) >= 11 is 1.30. The van der Waals surface area contributed by atoms with Crippen LogP contribution in [0.4, 0.5) is 9.93 Å². The summed E-state index contributed by atoms with van der Waals surface area (Å²) in [5.74, 6) is -0.374. The Morgan fingerprint density at radius 2 is 1.88 bits per heavy atom. The van der Waals surface area contributed by atoms with Gasteiger partial charge in [0.1, 0.15) is 17.3 Å². The van der Waals surface area contributed by atoms with Gasteiger partial charge in [-0.2, -0.15) is 0 Å². The van der Waals surface area contributed by atoms with Crippen molar-refractivity contribution in [3.8, 4) is 11.4 Å². The van der Waals surface area contributed by atoms with Crippen LogP contribution in [0.5, 0.6) is 0 Å². The van der Waals surface area contributed by atoms with Gasteiger partial charge in [0.05, 0.1) is 5.69 Å². The highest BCUT2D eigenvalue weighted by Gasteiger charge is 2.26. The van der Waals surface area contributed by atoms with Crippen molar-refractivity contribution in [3.05, 3.63) is 65.8 Å². The standard InChI is InChI=1S/C25H27N5O3S/c1-25(2,3)33-24(32)28-19(13-16-14-30(4)21-11-6-5-9-17(16)21)22(31)29-23-27-20(15-34-23)18-10-7-8-12-26-18/h5-12,14-15,19H,13H2,1-4H3,(H,28,32)(H,27,29,31). The molecule has 4 rings (SSSR count). The second-order valence-corrected chi connectivity index (χ2v) is 9.79. The number of rotatable bonds is 6. The van der Waals surface area contributed by atoms with Gasteiger partial charge in [-0.25, -0.2) is 9.78 Å². The number of carbonyl (C=O) groups is 2. The molecule has 4 aromatic rings. The third-order valence-corrected chi connectivity index (χ3v) is 5.83. The van der Waals surface area contributed by atoms with Crippen LogP contribution in [0, 0.1) is 0 Å². The molecule has 0 fully saturated rings. The summed E-state index contributed by atoms with van der Waals surface area (Å²) in [5.41, 5.74) is 2.71. The number of thiazole rings is 1. The molecular weight excluding hydrogens is 450 g/mol. The third kappa shape index (κ3) is 5.60. The van der Waals surface area contributed by atoms with Gasteiger partial charge in [0.25, 0.3) is 0 Å². The second kappa shape index (κ2) is 9.64. The molecule has 0 aliphatic carbocycles. The molecule has 0 aliphatic heterocycles. The minimum Gasteiger partial charge on any atom is -0.444 e. The first kappa shape index (κ1) is 23.4. The van der Waals surface area contributed by atoms with Crippen LogP contribution in [-0.2, 0) is 23.0 Å². The van der Waals surface area contributed by atoms with Gasteiger partial charge in [-0.05, 0) is 44.5 Å². The van der Waals surface area contributed by atoms with Crippen LogP contribution >= 0.6 is 11.3 Å². The Hall–Kier alpha value is -3.72. The van der Waals surface area contributed by atoms with Gasteiger partial charge in [0.15, 0.2) is 5.13 Å².